The number of hydrogen-bond donors (Lipinski definition) is 2. The molecule has 0 aliphatic carbocycles. The van der Waals surface area contributed by atoms with Gasteiger partial charge in [-0.3, -0.25) is 4.79 Å². The predicted octanol–water partition coefficient (Wildman–Crippen LogP) is 0.371. The molecule has 3 N–H and O–H groups in total. The Labute approximate surface area is 116 Å². The van der Waals surface area contributed by atoms with Crippen LogP contribution in [0.15, 0.2) is 6.20 Å². The molecule has 1 aliphatic rings. The van der Waals surface area contributed by atoms with Crippen LogP contribution in [0, 0.1) is 0 Å². The standard InChI is InChI=1S/C11H16ClN5O2/c1-7(10(18)17-2-4-19-5-3-17)15-9-8(13)6-14-11(12)16-9/h6-7H,2-5,13H2,1H3,(H,14,15,16). The summed E-state index contributed by atoms with van der Waals surface area (Å²) >= 11 is 5.70. The van der Waals surface area contributed by atoms with Gasteiger partial charge in [0.25, 0.3) is 0 Å². The van der Waals surface area contributed by atoms with Gasteiger partial charge in [-0.25, -0.2) is 4.98 Å². The van der Waals surface area contributed by atoms with Gasteiger partial charge in [-0.2, -0.15) is 4.98 Å². The first-order chi connectivity index (χ1) is 9.08. The Balaban J connectivity index is 2.01. The van der Waals surface area contributed by atoms with Gasteiger partial charge in [0.15, 0.2) is 5.82 Å². The molecule has 0 aromatic carbocycles. The molecule has 0 spiro atoms. The summed E-state index contributed by atoms with van der Waals surface area (Å²) in [5.74, 6) is 0.353. The lowest BCUT2D eigenvalue weighted by molar-refractivity contribution is -0.135. The first-order valence-electron chi connectivity index (χ1n) is 5.99. The van der Waals surface area contributed by atoms with Crippen LogP contribution in [0.25, 0.3) is 0 Å². The van der Waals surface area contributed by atoms with Gasteiger partial charge < -0.3 is 20.7 Å². The van der Waals surface area contributed by atoms with E-state index in [4.69, 9.17) is 22.1 Å². The number of amides is 1. The van der Waals surface area contributed by atoms with Crippen LogP contribution in [-0.2, 0) is 9.53 Å². The molecule has 104 valence electrons. The van der Waals surface area contributed by atoms with Gasteiger partial charge in [-0.05, 0) is 18.5 Å². The van der Waals surface area contributed by atoms with E-state index in [1.54, 1.807) is 11.8 Å². The molecule has 2 heterocycles. The van der Waals surface area contributed by atoms with Crippen LogP contribution < -0.4 is 11.1 Å². The largest absolute Gasteiger partial charge is 0.394 e. The van der Waals surface area contributed by atoms with Crippen molar-refractivity contribution in [3.8, 4) is 0 Å². The second kappa shape index (κ2) is 6.03. The first-order valence-corrected chi connectivity index (χ1v) is 6.37. The van der Waals surface area contributed by atoms with Gasteiger partial charge >= 0.3 is 0 Å². The van der Waals surface area contributed by atoms with Gasteiger partial charge in [0.2, 0.25) is 11.2 Å². The highest BCUT2D eigenvalue weighted by Crippen LogP contribution is 2.17. The Bertz CT molecular complexity index is 464. The molecule has 1 aromatic heterocycles. The number of nitrogens with zero attached hydrogens (tertiary/aromatic N) is 3. The molecule has 0 bridgehead atoms. The van der Waals surface area contributed by atoms with Crippen molar-refractivity contribution in [2.45, 2.75) is 13.0 Å². The Morgan fingerprint density at radius 3 is 2.95 bits per heavy atom. The van der Waals surface area contributed by atoms with Crippen molar-refractivity contribution < 1.29 is 9.53 Å². The van der Waals surface area contributed by atoms with Crippen LogP contribution in [0.3, 0.4) is 0 Å². The van der Waals surface area contributed by atoms with Crippen molar-refractivity contribution in [1.82, 2.24) is 14.9 Å². The Kier molecular flexibility index (Phi) is 4.39. The van der Waals surface area contributed by atoms with E-state index in [1.165, 1.54) is 6.20 Å². The van der Waals surface area contributed by atoms with Crippen molar-refractivity contribution in [2.75, 3.05) is 37.4 Å². The van der Waals surface area contributed by atoms with E-state index in [1.807, 2.05) is 0 Å². The minimum Gasteiger partial charge on any atom is -0.394 e. The molecule has 1 unspecified atom stereocenters. The number of ether oxygens (including phenoxy) is 1. The van der Waals surface area contributed by atoms with Crippen LogP contribution in [0.2, 0.25) is 5.28 Å². The van der Waals surface area contributed by atoms with E-state index in [0.29, 0.717) is 37.8 Å². The Morgan fingerprint density at radius 2 is 2.26 bits per heavy atom. The summed E-state index contributed by atoms with van der Waals surface area (Å²) in [5.41, 5.74) is 6.08. The maximum atomic E-state index is 12.2. The average Bonchev–Trinajstić information content (AvgIpc) is 2.43. The van der Waals surface area contributed by atoms with Crippen LogP contribution in [0.5, 0.6) is 0 Å². The summed E-state index contributed by atoms with van der Waals surface area (Å²) in [4.78, 5) is 21.7. The number of carbonyl (C=O) groups excluding carboxylic acids is 1. The number of halogens is 1. The lowest BCUT2D eigenvalue weighted by Crippen LogP contribution is -2.47. The third kappa shape index (κ3) is 3.45. The SMILES string of the molecule is CC(Nc1nc(Cl)ncc1N)C(=O)N1CCOCC1. The molecular formula is C11H16ClN5O2. The van der Waals surface area contributed by atoms with Crippen LogP contribution in [-0.4, -0.2) is 53.1 Å². The van der Waals surface area contributed by atoms with Gasteiger partial charge in [0.05, 0.1) is 25.1 Å². The van der Waals surface area contributed by atoms with E-state index in [9.17, 15) is 4.79 Å². The molecule has 0 saturated carbocycles. The van der Waals surface area contributed by atoms with Gasteiger partial charge in [-0.15, -0.1) is 0 Å². The molecule has 1 saturated heterocycles. The van der Waals surface area contributed by atoms with Crippen LogP contribution in [0.4, 0.5) is 11.5 Å². The maximum absolute atomic E-state index is 12.2. The van der Waals surface area contributed by atoms with E-state index in [2.05, 4.69) is 15.3 Å². The molecule has 1 amide bonds. The predicted molar refractivity (Wildman–Crippen MR) is 71.9 cm³/mol. The average molecular weight is 286 g/mol. The number of morpholine rings is 1. The number of nitrogens with two attached hydrogens (primary N) is 1. The first kappa shape index (κ1) is 13.8. The number of nitrogens with one attached hydrogen (secondary N) is 1. The fourth-order valence-electron chi connectivity index (χ4n) is 1.81. The van der Waals surface area contributed by atoms with E-state index >= 15 is 0 Å². The van der Waals surface area contributed by atoms with Crippen molar-refractivity contribution in [1.29, 1.82) is 0 Å². The fourth-order valence-corrected chi connectivity index (χ4v) is 1.94. The summed E-state index contributed by atoms with van der Waals surface area (Å²) in [6.07, 6.45) is 1.41. The third-order valence-corrected chi connectivity index (χ3v) is 3.02. The molecule has 8 heteroatoms. The highest BCUT2D eigenvalue weighted by molar-refractivity contribution is 6.28. The molecule has 1 fully saturated rings. The maximum Gasteiger partial charge on any atom is 0.244 e. The monoisotopic (exact) mass is 285 g/mol. The molecule has 19 heavy (non-hydrogen) atoms. The Morgan fingerprint density at radius 1 is 1.58 bits per heavy atom. The topological polar surface area (TPSA) is 93.4 Å². The minimum absolute atomic E-state index is 0.0163. The molecule has 0 radical (unpaired) electrons. The Hall–Kier alpha value is -1.60. The number of rotatable bonds is 3. The van der Waals surface area contributed by atoms with Gasteiger partial charge in [0.1, 0.15) is 6.04 Å². The lowest BCUT2D eigenvalue weighted by atomic mass is 10.2. The fraction of sp³-hybridized carbons (Fsp3) is 0.545. The number of aromatic nitrogens is 2. The van der Waals surface area contributed by atoms with Gasteiger partial charge in [0, 0.05) is 13.1 Å². The molecule has 7 nitrogen and oxygen atoms in total. The molecule has 1 atom stereocenters. The number of hydrogen-bond acceptors (Lipinski definition) is 6. The third-order valence-electron chi connectivity index (χ3n) is 2.83. The summed E-state index contributed by atoms with van der Waals surface area (Å²) < 4.78 is 5.21. The molecule has 1 aromatic rings. The number of anilines is 2. The second-order valence-electron chi connectivity index (χ2n) is 4.25. The summed E-state index contributed by atoms with van der Waals surface area (Å²) in [7, 11) is 0. The number of carbonyl (C=O) groups is 1. The normalized spacial score (nSPS) is 17.1. The minimum atomic E-state index is -0.439. The molecule has 1 aliphatic heterocycles. The van der Waals surface area contributed by atoms with Crippen molar-refractivity contribution in [2.24, 2.45) is 0 Å². The van der Waals surface area contributed by atoms with Crippen LogP contribution >= 0.6 is 11.6 Å². The quantitative estimate of drug-likeness (QED) is 0.780. The summed E-state index contributed by atoms with van der Waals surface area (Å²) in [6, 6.07) is -0.439. The van der Waals surface area contributed by atoms with Crippen molar-refractivity contribution in [3.05, 3.63) is 11.5 Å². The summed E-state index contributed by atoms with van der Waals surface area (Å²) in [6.45, 7) is 4.10. The van der Waals surface area contributed by atoms with Crippen molar-refractivity contribution >= 4 is 29.0 Å². The summed E-state index contributed by atoms with van der Waals surface area (Å²) in [5, 5.41) is 3.04. The van der Waals surface area contributed by atoms with Gasteiger partial charge in [-0.1, -0.05) is 0 Å². The zero-order chi connectivity index (χ0) is 13.8. The molecular weight excluding hydrogens is 270 g/mol. The molecule has 2 rings (SSSR count). The zero-order valence-electron chi connectivity index (χ0n) is 10.6. The smallest absolute Gasteiger partial charge is 0.244 e. The van der Waals surface area contributed by atoms with E-state index < -0.39 is 6.04 Å². The van der Waals surface area contributed by atoms with E-state index in [0.717, 1.165) is 0 Å². The second-order valence-corrected chi connectivity index (χ2v) is 4.58. The highest BCUT2D eigenvalue weighted by atomic mass is 35.5. The van der Waals surface area contributed by atoms with Crippen LogP contribution in [0.1, 0.15) is 6.92 Å². The lowest BCUT2D eigenvalue weighted by Gasteiger charge is -2.29. The number of nitrogen functional groups attached to an aromatic ring is 1. The van der Waals surface area contributed by atoms with Crippen molar-refractivity contribution in [3.63, 3.8) is 0 Å². The highest BCUT2D eigenvalue weighted by Gasteiger charge is 2.23. The van der Waals surface area contributed by atoms with E-state index in [-0.39, 0.29) is 11.2 Å². The zero-order valence-corrected chi connectivity index (χ0v) is 11.4.